The topological polar surface area (TPSA) is 12.9 Å². The van der Waals surface area contributed by atoms with E-state index in [9.17, 15) is 0 Å². The molecule has 2 rings (SSSR count). The van der Waals surface area contributed by atoms with Crippen LogP contribution in [-0.2, 0) is 18.3 Å². The van der Waals surface area contributed by atoms with Gasteiger partial charge in [-0.2, -0.15) is 0 Å². The van der Waals surface area contributed by atoms with Gasteiger partial charge < -0.3 is 17.0 Å². The van der Waals surface area contributed by atoms with Gasteiger partial charge in [-0.25, -0.2) is 0 Å². The Balaban J connectivity index is 0.000000720. The summed E-state index contributed by atoms with van der Waals surface area (Å²) in [5, 5.41) is 1.23. The zero-order valence-corrected chi connectivity index (χ0v) is 11.0. The summed E-state index contributed by atoms with van der Waals surface area (Å²) >= 11 is 1.13. The quantitative estimate of drug-likeness (QED) is 0.528. The molecule has 0 atom stereocenters. The minimum absolute atomic E-state index is 0. The first kappa shape index (κ1) is 9.82. The number of fused-ring (bicyclic) bond motifs is 1. The summed E-state index contributed by atoms with van der Waals surface area (Å²) in [6.45, 7) is 0. The van der Waals surface area contributed by atoms with Crippen molar-refractivity contribution in [3.8, 4) is 0 Å². The number of benzene rings is 1. The van der Waals surface area contributed by atoms with Crippen LogP contribution in [0, 0.1) is 0 Å². The molecule has 0 N–H and O–H groups in total. The summed E-state index contributed by atoms with van der Waals surface area (Å²) in [6, 6.07) is 12.4. The fourth-order valence-corrected chi connectivity index (χ4v) is 1.71. The summed E-state index contributed by atoms with van der Waals surface area (Å²) in [7, 11) is 0. The number of pyridine rings is 1. The summed E-state index contributed by atoms with van der Waals surface area (Å²) in [6.07, 6.45) is 0. The van der Waals surface area contributed by atoms with E-state index in [0.29, 0.717) is 0 Å². The standard InChI is InChI=1S/C9H6N.BrH.Zn/c1-2-6-9-8(4-1)5-3-7-10-9;;/h1-6H;1H;/q;;+1/p-1. The second kappa shape index (κ2) is 4.11. The number of rotatable bonds is 0. The van der Waals surface area contributed by atoms with Crippen LogP contribution in [0.15, 0.2) is 36.4 Å². The van der Waals surface area contributed by atoms with Crippen molar-refractivity contribution in [1.29, 1.82) is 0 Å². The third-order valence-corrected chi connectivity index (χ3v) is 2.48. The molecule has 12 heavy (non-hydrogen) atoms. The van der Waals surface area contributed by atoms with Gasteiger partial charge in [0.2, 0.25) is 0 Å². The van der Waals surface area contributed by atoms with Crippen LogP contribution in [0.5, 0.6) is 0 Å². The number of aromatic nitrogens is 1. The Bertz CT molecular complexity index is 389. The Labute approximate surface area is 91.6 Å². The van der Waals surface area contributed by atoms with E-state index in [1.807, 2.05) is 12.1 Å². The molecule has 0 radical (unpaired) electrons. The molecule has 0 unspecified atom stereocenters. The van der Waals surface area contributed by atoms with Gasteiger partial charge in [-0.1, -0.05) is 0 Å². The van der Waals surface area contributed by atoms with Crippen LogP contribution in [0.3, 0.4) is 0 Å². The molecule has 56 valence electrons. The van der Waals surface area contributed by atoms with Gasteiger partial charge in [0.1, 0.15) is 0 Å². The average molecular weight is 273 g/mol. The molecule has 2 aromatic rings. The SMILES string of the molecule is [Br-].[Zn+][c]1ccc2ccccc2n1. The zero-order valence-electron chi connectivity index (χ0n) is 6.50. The first-order chi connectivity index (χ1) is 5.36. The van der Waals surface area contributed by atoms with E-state index in [2.05, 4.69) is 29.2 Å². The zero-order chi connectivity index (χ0) is 7.68. The number of hydrogen-bond donors (Lipinski definition) is 0. The van der Waals surface area contributed by atoms with Gasteiger partial charge in [0.25, 0.3) is 0 Å². The first-order valence-electron chi connectivity index (χ1n) is 3.54. The monoisotopic (exact) mass is 271 g/mol. The van der Waals surface area contributed by atoms with E-state index in [1.165, 1.54) is 9.67 Å². The van der Waals surface area contributed by atoms with E-state index < -0.39 is 0 Å². The van der Waals surface area contributed by atoms with Crippen molar-refractivity contribution < 1.29 is 35.3 Å². The molecular weight excluding hydrogens is 267 g/mol. The summed E-state index contributed by atoms with van der Waals surface area (Å²) in [5.74, 6) is 0. The van der Waals surface area contributed by atoms with Gasteiger partial charge in [-0.15, -0.1) is 0 Å². The van der Waals surface area contributed by atoms with E-state index >= 15 is 0 Å². The summed E-state index contributed by atoms with van der Waals surface area (Å²) < 4.78 is 1.20. The molecule has 1 nitrogen and oxygen atoms in total. The van der Waals surface area contributed by atoms with E-state index in [-0.39, 0.29) is 17.0 Å². The fourth-order valence-electron chi connectivity index (χ4n) is 1.11. The van der Waals surface area contributed by atoms with Gasteiger partial charge >= 0.3 is 74.9 Å². The molecule has 3 heteroatoms. The van der Waals surface area contributed by atoms with Crippen LogP contribution in [-0.4, -0.2) is 4.98 Å². The molecule has 0 bridgehead atoms. The van der Waals surface area contributed by atoms with Gasteiger partial charge in [0, 0.05) is 0 Å². The van der Waals surface area contributed by atoms with Crippen LogP contribution in [0.4, 0.5) is 0 Å². The van der Waals surface area contributed by atoms with Crippen LogP contribution < -0.4 is 21.3 Å². The second-order valence-electron chi connectivity index (χ2n) is 2.50. The minimum atomic E-state index is 0. The van der Waals surface area contributed by atoms with E-state index in [0.717, 1.165) is 23.8 Å². The Morgan fingerprint density at radius 3 is 2.58 bits per heavy atom. The molecule has 0 aliphatic carbocycles. The normalized spacial score (nSPS) is 9.50. The van der Waals surface area contributed by atoms with Crippen molar-refractivity contribution in [3.63, 3.8) is 0 Å². The average Bonchev–Trinajstić information content (AvgIpc) is 2.04. The Kier molecular flexibility index (Phi) is 3.36. The van der Waals surface area contributed by atoms with Crippen LogP contribution in [0.25, 0.3) is 10.9 Å². The first-order valence-corrected chi connectivity index (χ1v) is 5.02. The molecule has 1 aromatic carbocycles. The van der Waals surface area contributed by atoms with E-state index in [4.69, 9.17) is 0 Å². The number of para-hydroxylation sites is 1. The molecule has 0 saturated heterocycles. The summed E-state index contributed by atoms with van der Waals surface area (Å²) in [5.41, 5.74) is 1.11. The van der Waals surface area contributed by atoms with Crippen molar-refractivity contribution in [1.82, 2.24) is 4.98 Å². The predicted molar refractivity (Wildman–Crippen MR) is 41.4 cm³/mol. The molecule has 0 spiro atoms. The van der Waals surface area contributed by atoms with Crippen molar-refractivity contribution in [2.24, 2.45) is 0 Å². The Hall–Kier alpha value is -0.267. The Morgan fingerprint density at radius 2 is 1.75 bits per heavy atom. The van der Waals surface area contributed by atoms with Gasteiger partial charge in [0.15, 0.2) is 0 Å². The third kappa shape index (κ3) is 1.91. The Morgan fingerprint density at radius 1 is 1.00 bits per heavy atom. The molecule has 0 aliphatic heterocycles. The maximum atomic E-state index is 4.43. The van der Waals surface area contributed by atoms with Gasteiger partial charge in [-0.3, -0.25) is 0 Å². The second-order valence-corrected chi connectivity index (χ2v) is 4.02. The predicted octanol–water partition coefficient (Wildman–Crippen LogP) is -1.59. The number of hydrogen-bond acceptors (Lipinski definition) is 1. The number of nitrogens with zero attached hydrogens (tertiary/aromatic N) is 1. The molecule has 1 heterocycles. The molecule has 0 saturated carbocycles. The van der Waals surface area contributed by atoms with Crippen molar-refractivity contribution in [3.05, 3.63) is 36.4 Å². The van der Waals surface area contributed by atoms with Gasteiger partial charge in [0.05, 0.1) is 0 Å². The van der Waals surface area contributed by atoms with Gasteiger partial charge in [-0.05, 0) is 0 Å². The van der Waals surface area contributed by atoms with Crippen LogP contribution in [0.1, 0.15) is 0 Å². The third-order valence-electron chi connectivity index (χ3n) is 1.66. The molecule has 0 aliphatic rings. The van der Waals surface area contributed by atoms with Crippen LogP contribution >= 0.6 is 0 Å². The maximum absolute atomic E-state index is 4.43. The van der Waals surface area contributed by atoms with Crippen molar-refractivity contribution in [2.45, 2.75) is 0 Å². The molecular formula is C9H6BrNZn. The van der Waals surface area contributed by atoms with Crippen molar-refractivity contribution >= 4 is 15.2 Å². The molecule has 0 amide bonds. The summed E-state index contributed by atoms with van der Waals surface area (Å²) in [4.78, 5) is 4.43. The van der Waals surface area contributed by atoms with E-state index in [1.54, 1.807) is 0 Å². The fraction of sp³-hybridized carbons (Fsp3) is 0. The number of halogens is 1. The van der Waals surface area contributed by atoms with Crippen molar-refractivity contribution in [2.75, 3.05) is 0 Å². The molecule has 1 aromatic heterocycles. The molecule has 0 fully saturated rings. The van der Waals surface area contributed by atoms with Crippen LogP contribution in [0.2, 0.25) is 0 Å².